The molecule has 0 N–H and O–H groups in total. The van der Waals surface area contributed by atoms with Gasteiger partial charge >= 0.3 is 0 Å². The Kier molecular flexibility index (Phi) is 5.96. The molecule has 0 saturated heterocycles. The minimum absolute atomic E-state index is 1.14. The van der Waals surface area contributed by atoms with Crippen molar-refractivity contribution in [3.05, 3.63) is 188 Å². The second-order valence-electron chi connectivity index (χ2n) is 13.4. The highest BCUT2D eigenvalue weighted by molar-refractivity contribution is 6.12. The standard InChI is InChI=1S/C48H31N3/c1-6-22-43-37(17-1)38-18-2-7-23-44(38)49(43)34-14-11-13-32(29-34)33-27-28-48-42(30-33)41-21-5-10-26-47(41)51(48)36-16-12-15-35(31-36)50-45-24-8-3-19-39(45)40-20-4-9-25-46(40)50/h1-31H. The van der Waals surface area contributed by atoms with E-state index < -0.39 is 0 Å². The van der Waals surface area contributed by atoms with Crippen molar-refractivity contribution in [2.45, 2.75) is 0 Å². The summed E-state index contributed by atoms with van der Waals surface area (Å²) in [5, 5.41) is 7.57. The van der Waals surface area contributed by atoms with E-state index in [1.807, 2.05) is 0 Å². The molecule has 3 nitrogen and oxygen atoms in total. The van der Waals surface area contributed by atoms with Gasteiger partial charge in [-0.25, -0.2) is 0 Å². The lowest BCUT2D eigenvalue weighted by atomic mass is 10.0. The molecular weight excluding hydrogens is 619 g/mol. The van der Waals surface area contributed by atoms with Crippen LogP contribution >= 0.6 is 0 Å². The number of hydrogen-bond donors (Lipinski definition) is 0. The van der Waals surface area contributed by atoms with Gasteiger partial charge in [0.15, 0.2) is 0 Å². The number of aromatic nitrogens is 3. The maximum absolute atomic E-state index is 2.42. The van der Waals surface area contributed by atoms with E-state index >= 15 is 0 Å². The van der Waals surface area contributed by atoms with Gasteiger partial charge in [0.2, 0.25) is 0 Å². The van der Waals surface area contributed by atoms with Gasteiger partial charge < -0.3 is 13.7 Å². The molecule has 0 spiro atoms. The van der Waals surface area contributed by atoms with Crippen LogP contribution in [0, 0.1) is 0 Å². The molecule has 0 saturated carbocycles. The smallest absolute Gasteiger partial charge is 0.0541 e. The molecule has 3 aromatic heterocycles. The van der Waals surface area contributed by atoms with E-state index in [1.165, 1.54) is 76.5 Å². The minimum atomic E-state index is 1.14. The topological polar surface area (TPSA) is 14.8 Å². The fraction of sp³-hybridized carbons (Fsp3) is 0. The summed E-state index contributed by atoms with van der Waals surface area (Å²) in [4.78, 5) is 0. The molecule has 11 rings (SSSR count). The molecule has 11 aromatic rings. The van der Waals surface area contributed by atoms with Gasteiger partial charge in [-0.1, -0.05) is 115 Å². The summed E-state index contributed by atoms with van der Waals surface area (Å²) >= 11 is 0. The molecule has 51 heavy (non-hydrogen) atoms. The predicted octanol–water partition coefficient (Wildman–Crippen LogP) is 12.6. The Balaban J connectivity index is 1.08. The zero-order valence-corrected chi connectivity index (χ0v) is 27.7. The van der Waals surface area contributed by atoms with Crippen molar-refractivity contribution in [3.63, 3.8) is 0 Å². The van der Waals surface area contributed by atoms with E-state index in [4.69, 9.17) is 0 Å². The first-order valence-electron chi connectivity index (χ1n) is 17.5. The van der Waals surface area contributed by atoms with Crippen molar-refractivity contribution in [1.82, 2.24) is 13.7 Å². The SMILES string of the molecule is c1cc(-c2ccc3c(c2)c2ccccc2n3-c2cccc(-n3c4ccccc4c4ccccc43)c2)cc(-n2c3ccccc3c3ccccc32)c1. The summed E-state index contributed by atoms with van der Waals surface area (Å²) in [6.45, 7) is 0. The van der Waals surface area contributed by atoms with Crippen LogP contribution in [0.3, 0.4) is 0 Å². The molecule has 3 heteroatoms. The molecule has 0 aliphatic rings. The summed E-state index contributed by atoms with van der Waals surface area (Å²) < 4.78 is 7.20. The Hall–Kier alpha value is -6.84. The summed E-state index contributed by atoms with van der Waals surface area (Å²) in [7, 11) is 0. The van der Waals surface area contributed by atoms with E-state index in [9.17, 15) is 0 Å². The van der Waals surface area contributed by atoms with Gasteiger partial charge in [0.05, 0.1) is 33.1 Å². The molecule has 3 heterocycles. The summed E-state index contributed by atoms with van der Waals surface area (Å²) in [6.07, 6.45) is 0. The first kappa shape index (κ1) is 28.0. The first-order valence-corrected chi connectivity index (χ1v) is 17.5. The molecule has 0 atom stereocenters. The summed E-state index contributed by atoms with van der Waals surface area (Å²) in [5.41, 5.74) is 13.1. The van der Waals surface area contributed by atoms with Crippen molar-refractivity contribution in [1.29, 1.82) is 0 Å². The number of rotatable bonds is 4. The van der Waals surface area contributed by atoms with Crippen LogP contribution < -0.4 is 0 Å². The summed E-state index contributed by atoms with van der Waals surface area (Å²) in [6, 6.07) is 68.5. The van der Waals surface area contributed by atoms with Crippen molar-refractivity contribution in [2.24, 2.45) is 0 Å². The third-order valence-corrected chi connectivity index (χ3v) is 10.6. The third kappa shape index (κ3) is 4.12. The second-order valence-corrected chi connectivity index (χ2v) is 13.4. The van der Waals surface area contributed by atoms with E-state index in [1.54, 1.807) is 0 Å². The first-order chi connectivity index (χ1) is 25.3. The van der Waals surface area contributed by atoms with E-state index in [0.717, 1.165) is 17.1 Å². The molecule has 8 aromatic carbocycles. The lowest BCUT2D eigenvalue weighted by Gasteiger charge is -2.13. The van der Waals surface area contributed by atoms with Crippen LogP contribution in [0.1, 0.15) is 0 Å². The Morgan fingerprint density at radius 1 is 0.216 bits per heavy atom. The quantitative estimate of drug-likeness (QED) is 0.180. The monoisotopic (exact) mass is 649 g/mol. The van der Waals surface area contributed by atoms with E-state index in [0.29, 0.717) is 0 Å². The molecule has 0 fully saturated rings. The van der Waals surface area contributed by atoms with Crippen LogP contribution in [0.25, 0.3) is 93.6 Å². The van der Waals surface area contributed by atoms with Crippen molar-refractivity contribution < 1.29 is 0 Å². The van der Waals surface area contributed by atoms with Crippen LogP contribution in [0.15, 0.2) is 188 Å². The maximum Gasteiger partial charge on any atom is 0.0541 e. The Morgan fingerprint density at radius 2 is 0.549 bits per heavy atom. The number of fused-ring (bicyclic) bond motifs is 9. The van der Waals surface area contributed by atoms with E-state index in [2.05, 4.69) is 202 Å². The fourth-order valence-electron chi connectivity index (χ4n) is 8.43. The number of para-hydroxylation sites is 5. The normalized spacial score (nSPS) is 11.9. The van der Waals surface area contributed by atoms with Crippen molar-refractivity contribution in [2.75, 3.05) is 0 Å². The third-order valence-electron chi connectivity index (χ3n) is 10.6. The van der Waals surface area contributed by atoms with Crippen LogP contribution in [0.2, 0.25) is 0 Å². The van der Waals surface area contributed by atoms with Gasteiger partial charge in [-0.15, -0.1) is 0 Å². The fourth-order valence-corrected chi connectivity index (χ4v) is 8.43. The lowest BCUT2D eigenvalue weighted by Crippen LogP contribution is -1.98. The minimum Gasteiger partial charge on any atom is -0.309 e. The molecule has 0 aliphatic heterocycles. The van der Waals surface area contributed by atoms with Crippen LogP contribution in [0.4, 0.5) is 0 Å². The van der Waals surface area contributed by atoms with Gasteiger partial charge in [0.25, 0.3) is 0 Å². The van der Waals surface area contributed by atoms with Gasteiger partial charge in [0.1, 0.15) is 0 Å². The van der Waals surface area contributed by atoms with Crippen molar-refractivity contribution >= 4 is 65.4 Å². The highest BCUT2D eigenvalue weighted by Gasteiger charge is 2.17. The maximum atomic E-state index is 2.42. The zero-order valence-electron chi connectivity index (χ0n) is 27.7. The van der Waals surface area contributed by atoms with Crippen molar-refractivity contribution in [3.8, 4) is 28.2 Å². The molecule has 0 radical (unpaired) electrons. The largest absolute Gasteiger partial charge is 0.309 e. The van der Waals surface area contributed by atoms with Gasteiger partial charge in [-0.05, 0) is 83.9 Å². The number of benzene rings is 8. The van der Waals surface area contributed by atoms with Gasteiger partial charge in [-0.3, -0.25) is 0 Å². The average molecular weight is 650 g/mol. The van der Waals surface area contributed by atoms with Crippen LogP contribution in [0.5, 0.6) is 0 Å². The Labute approximate surface area is 294 Å². The van der Waals surface area contributed by atoms with Crippen LogP contribution in [-0.2, 0) is 0 Å². The number of nitrogens with zero attached hydrogens (tertiary/aromatic N) is 3. The molecule has 0 amide bonds. The lowest BCUT2D eigenvalue weighted by molar-refractivity contribution is 1.13. The van der Waals surface area contributed by atoms with Gasteiger partial charge in [-0.2, -0.15) is 0 Å². The molecule has 0 unspecified atom stereocenters. The Morgan fingerprint density at radius 3 is 1.00 bits per heavy atom. The number of hydrogen-bond acceptors (Lipinski definition) is 0. The zero-order chi connectivity index (χ0) is 33.5. The summed E-state index contributed by atoms with van der Waals surface area (Å²) in [5.74, 6) is 0. The highest BCUT2D eigenvalue weighted by Crippen LogP contribution is 2.38. The predicted molar refractivity (Wildman–Crippen MR) is 215 cm³/mol. The second kappa shape index (κ2) is 10.8. The van der Waals surface area contributed by atoms with E-state index in [-0.39, 0.29) is 0 Å². The average Bonchev–Trinajstić information content (AvgIpc) is 3.84. The Bertz CT molecular complexity index is 3040. The van der Waals surface area contributed by atoms with Gasteiger partial charge in [0, 0.05) is 49.4 Å². The highest BCUT2D eigenvalue weighted by atomic mass is 15.0. The molecular formula is C48H31N3. The molecule has 238 valence electrons. The molecule has 0 bridgehead atoms. The van der Waals surface area contributed by atoms with Crippen LogP contribution in [-0.4, -0.2) is 13.7 Å². The molecule has 0 aliphatic carbocycles.